The van der Waals surface area contributed by atoms with E-state index in [1.165, 1.54) is 6.07 Å². The Hall–Kier alpha value is -2.47. The maximum Gasteiger partial charge on any atom is 0.223 e. The molecule has 134 valence electrons. The van der Waals surface area contributed by atoms with E-state index in [1.54, 1.807) is 12.1 Å². The number of carbonyl (C=O) groups excluding carboxylic acids is 1. The highest BCUT2D eigenvalue weighted by atomic mass is 35.5. The van der Waals surface area contributed by atoms with Gasteiger partial charge < -0.3 is 4.90 Å². The fourth-order valence-corrected chi connectivity index (χ4v) is 3.58. The molecular weight excluding hydrogens is 355 g/mol. The summed E-state index contributed by atoms with van der Waals surface area (Å²) >= 11 is 5.80. The topological polar surface area (TPSA) is 50.5 Å². The first kappa shape index (κ1) is 17.0. The summed E-state index contributed by atoms with van der Waals surface area (Å²) in [5.74, 6) is -0.366. The van der Waals surface area contributed by atoms with Gasteiger partial charge in [-0.15, -0.1) is 0 Å². The second-order valence-electron chi connectivity index (χ2n) is 6.60. The Morgan fingerprint density at radius 1 is 1.35 bits per heavy atom. The van der Waals surface area contributed by atoms with E-state index in [9.17, 15) is 9.18 Å². The van der Waals surface area contributed by atoms with Gasteiger partial charge in [-0.2, -0.15) is 5.10 Å². The van der Waals surface area contributed by atoms with Gasteiger partial charge in [-0.1, -0.05) is 17.7 Å². The molecule has 5 nitrogen and oxygen atoms in total. The molecule has 1 aliphatic heterocycles. The van der Waals surface area contributed by atoms with E-state index in [0.29, 0.717) is 25.9 Å². The van der Waals surface area contributed by atoms with E-state index in [2.05, 4.69) is 10.1 Å². The molecule has 0 radical (unpaired) electrons. The number of halogens is 2. The first-order chi connectivity index (χ1) is 12.5. The Balaban J connectivity index is 1.45. The zero-order valence-corrected chi connectivity index (χ0v) is 15.1. The summed E-state index contributed by atoms with van der Waals surface area (Å²) in [6.45, 7) is 3.15. The van der Waals surface area contributed by atoms with Gasteiger partial charge in [0, 0.05) is 43.8 Å². The van der Waals surface area contributed by atoms with Crippen LogP contribution in [0.1, 0.15) is 28.9 Å². The predicted octanol–water partition coefficient (Wildman–Crippen LogP) is 3.35. The number of rotatable bonds is 3. The molecule has 0 bridgehead atoms. The molecule has 0 fully saturated rings. The molecule has 7 heteroatoms. The van der Waals surface area contributed by atoms with Crippen molar-refractivity contribution in [2.45, 2.75) is 32.7 Å². The summed E-state index contributed by atoms with van der Waals surface area (Å²) in [5, 5.41) is 4.58. The first-order valence-corrected chi connectivity index (χ1v) is 8.94. The Bertz CT molecular complexity index is 1000. The number of fused-ring (bicyclic) bond motifs is 3. The van der Waals surface area contributed by atoms with E-state index in [4.69, 9.17) is 11.6 Å². The fraction of sp³-hybridized carbons (Fsp3) is 0.316. The van der Waals surface area contributed by atoms with Gasteiger partial charge in [0.2, 0.25) is 5.91 Å². The third kappa shape index (κ3) is 3.17. The molecule has 0 aliphatic carbocycles. The van der Waals surface area contributed by atoms with Crippen LogP contribution in [0.15, 0.2) is 30.5 Å². The fourth-order valence-electron chi connectivity index (χ4n) is 3.37. The summed E-state index contributed by atoms with van der Waals surface area (Å²) in [6.07, 6.45) is 3.50. The normalized spacial score (nSPS) is 13.9. The van der Waals surface area contributed by atoms with Crippen LogP contribution in [0.4, 0.5) is 4.39 Å². The number of carbonyl (C=O) groups is 1. The monoisotopic (exact) mass is 372 g/mol. The van der Waals surface area contributed by atoms with Crippen LogP contribution in [0.2, 0.25) is 5.02 Å². The molecule has 0 saturated heterocycles. The minimum atomic E-state index is -0.443. The van der Waals surface area contributed by atoms with Crippen LogP contribution in [0.25, 0.3) is 5.65 Å². The second-order valence-corrected chi connectivity index (χ2v) is 7.01. The Morgan fingerprint density at radius 3 is 3.00 bits per heavy atom. The Morgan fingerprint density at radius 2 is 2.19 bits per heavy atom. The molecule has 0 N–H and O–H groups in total. The van der Waals surface area contributed by atoms with Crippen molar-refractivity contribution < 1.29 is 9.18 Å². The molecule has 2 aromatic heterocycles. The van der Waals surface area contributed by atoms with Gasteiger partial charge in [0.15, 0.2) is 5.65 Å². The summed E-state index contributed by atoms with van der Waals surface area (Å²) in [6, 6.07) is 6.53. The molecule has 1 aliphatic rings. The number of nitrogens with zero attached hydrogens (tertiary/aromatic N) is 4. The molecule has 1 amide bonds. The van der Waals surface area contributed by atoms with Crippen LogP contribution < -0.4 is 0 Å². The summed E-state index contributed by atoms with van der Waals surface area (Å²) in [5.41, 5.74) is 4.79. The third-order valence-corrected chi connectivity index (χ3v) is 5.03. The molecule has 4 rings (SSSR count). The number of amides is 1. The van der Waals surface area contributed by atoms with Crippen molar-refractivity contribution in [3.63, 3.8) is 0 Å². The molecule has 0 atom stereocenters. The average Bonchev–Trinajstić information content (AvgIpc) is 3.02. The van der Waals surface area contributed by atoms with Gasteiger partial charge >= 0.3 is 0 Å². The SMILES string of the molecule is Cc1cc2ncc3c(n2n1)CCN(C(=O)CCc1ccc(F)c(Cl)c1)C3. The predicted molar refractivity (Wildman–Crippen MR) is 96.6 cm³/mol. The van der Waals surface area contributed by atoms with Crippen molar-refractivity contribution >= 4 is 23.2 Å². The van der Waals surface area contributed by atoms with Crippen LogP contribution in [0, 0.1) is 12.7 Å². The molecule has 1 aromatic carbocycles. The first-order valence-electron chi connectivity index (χ1n) is 8.56. The summed E-state index contributed by atoms with van der Waals surface area (Å²) in [7, 11) is 0. The number of hydrogen-bond donors (Lipinski definition) is 0. The van der Waals surface area contributed by atoms with Crippen LogP contribution in [-0.2, 0) is 24.2 Å². The zero-order valence-electron chi connectivity index (χ0n) is 14.4. The van der Waals surface area contributed by atoms with Crippen molar-refractivity contribution in [2.24, 2.45) is 0 Å². The minimum Gasteiger partial charge on any atom is -0.338 e. The smallest absolute Gasteiger partial charge is 0.223 e. The molecular formula is C19H18ClFN4O. The molecule has 0 spiro atoms. The second kappa shape index (κ2) is 6.68. The van der Waals surface area contributed by atoms with Crippen LogP contribution in [0.3, 0.4) is 0 Å². The van der Waals surface area contributed by atoms with E-state index in [-0.39, 0.29) is 10.9 Å². The lowest BCUT2D eigenvalue weighted by Crippen LogP contribution is -2.37. The van der Waals surface area contributed by atoms with E-state index in [1.807, 2.05) is 28.6 Å². The molecule has 0 saturated carbocycles. The average molecular weight is 373 g/mol. The highest BCUT2D eigenvalue weighted by Crippen LogP contribution is 2.21. The van der Waals surface area contributed by atoms with Crippen molar-refractivity contribution in [1.82, 2.24) is 19.5 Å². The number of benzene rings is 1. The Labute approximate surface area is 155 Å². The summed E-state index contributed by atoms with van der Waals surface area (Å²) < 4.78 is 15.1. The maximum atomic E-state index is 13.2. The molecule has 26 heavy (non-hydrogen) atoms. The van der Waals surface area contributed by atoms with Gasteiger partial charge in [-0.25, -0.2) is 13.9 Å². The molecule has 3 aromatic rings. The van der Waals surface area contributed by atoms with Gasteiger partial charge in [0.1, 0.15) is 5.82 Å². The molecule has 3 heterocycles. The van der Waals surface area contributed by atoms with Crippen molar-refractivity contribution in [2.75, 3.05) is 6.54 Å². The van der Waals surface area contributed by atoms with E-state index in [0.717, 1.165) is 34.6 Å². The van der Waals surface area contributed by atoms with Gasteiger partial charge in [-0.05, 0) is 31.0 Å². The third-order valence-electron chi connectivity index (χ3n) is 4.74. The van der Waals surface area contributed by atoms with Crippen LogP contribution >= 0.6 is 11.6 Å². The Kier molecular flexibility index (Phi) is 4.36. The van der Waals surface area contributed by atoms with Crippen LogP contribution in [0.5, 0.6) is 0 Å². The largest absolute Gasteiger partial charge is 0.338 e. The zero-order chi connectivity index (χ0) is 18.3. The quantitative estimate of drug-likeness (QED) is 0.708. The highest BCUT2D eigenvalue weighted by molar-refractivity contribution is 6.30. The van der Waals surface area contributed by atoms with Gasteiger partial charge in [0.25, 0.3) is 0 Å². The number of aromatic nitrogens is 3. The summed E-state index contributed by atoms with van der Waals surface area (Å²) in [4.78, 5) is 18.9. The number of aryl methyl sites for hydroxylation is 2. The van der Waals surface area contributed by atoms with E-state index >= 15 is 0 Å². The molecule has 0 unspecified atom stereocenters. The van der Waals surface area contributed by atoms with Gasteiger partial charge in [-0.3, -0.25) is 4.79 Å². The highest BCUT2D eigenvalue weighted by Gasteiger charge is 2.23. The van der Waals surface area contributed by atoms with E-state index < -0.39 is 5.82 Å². The maximum absolute atomic E-state index is 13.2. The van der Waals surface area contributed by atoms with Crippen LogP contribution in [-0.4, -0.2) is 31.9 Å². The van der Waals surface area contributed by atoms with Crippen molar-refractivity contribution in [3.05, 3.63) is 63.8 Å². The van der Waals surface area contributed by atoms with Crippen molar-refractivity contribution in [1.29, 1.82) is 0 Å². The number of hydrogen-bond acceptors (Lipinski definition) is 3. The lowest BCUT2D eigenvalue weighted by Gasteiger charge is -2.28. The van der Waals surface area contributed by atoms with Gasteiger partial charge in [0.05, 0.1) is 16.4 Å². The lowest BCUT2D eigenvalue weighted by molar-refractivity contribution is -0.132. The standard InChI is InChI=1S/C19H18ClFN4O/c1-12-8-18-22-10-14-11-24(7-6-17(14)25(18)23-12)19(26)5-3-13-2-4-16(21)15(20)9-13/h2,4,8-10H,3,5-7,11H2,1H3. The van der Waals surface area contributed by atoms with Crippen molar-refractivity contribution in [3.8, 4) is 0 Å². The minimum absolute atomic E-state index is 0.0767. The lowest BCUT2D eigenvalue weighted by atomic mass is 10.1.